The summed E-state index contributed by atoms with van der Waals surface area (Å²) in [7, 11) is 1.53. The van der Waals surface area contributed by atoms with Crippen LogP contribution in [0.15, 0.2) is 18.5 Å². The fraction of sp³-hybridized carbons (Fsp3) is 0.550. The number of halogens is 3. The first-order chi connectivity index (χ1) is 15.6. The van der Waals surface area contributed by atoms with E-state index in [1.165, 1.54) is 12.0 Å². The van der Waals surface area contributed by atoms with Crippen LogP contribution in [-0.4, -0.2) is 68.0 Å². The van der Waals surface area contributed by atoms with Crippen molar-refractivity contribution >= 4 is 17.8 Å². The van der Waals surface area contributed by atoms with Gasteiger partial charge in [-0.25, -0.2) is 9.78 Å². The molecule has 1 unspecified atom stereocenters. The van der Waals surface area contributed by atoms with Crippen LogP contribution in [0.1, 0.15) is 49.2 Å². The van der Waals surface area contributed by atoms with E-state index in [0.717, 1.165) is 18.3 Å². The largest absolute Gasteiger partial charge is 0.465 e. The minimum absolute atomic E-state index is 0.0468. The molecule has 13 heteroatoms. The van der Waals surface area contributed by atoms with Crippen LogP contribution in [0.2, 0.25) is 0 Å². The molecule has 2 aromatic heterocycles. The Hall–Kier alpha value is -3.22. The van der Waals surface area contributed by atoms with E-state index in [9.17, 15) is 27.9 Å². The van der Waals surface area contributed by atoms with Gasteiger partial charge in [0.2, 0.25) is 5.91 Å². The normalized spacial score (nSPS) is 19.3. The van der Waals surface area contributed by atoms with Gasteiger partial charge in [0.25, 0.3) is 0 Å². The van der Waals surface area contributed by atoms with E-state index >= 15 is 0 Å². The van der Waals surface area contributed by atoms with Gasteiger partial charge in [-0.2, -0.15) is 18.3 Å². The average Bonchev–Trinajstić information content (AvgIpc) is 3.37. The van der Waals surface area contributed by atoms with Crippen molar-refractivity contribution in [1.82, 2.24) is 25.1 Å². The summed E-state index contributed by atoms with van der Waals surface area (Å²) in [5.41, 5.74) is -0.266. The molecule has 3 atom stereocenters. The predicted octanol–water partition coefficient (Wildman–Crippen LogP) is 3.05. The first kappa shape index (κ1) is 24.4. The number of hydrogen-bond acceptors (Lipinski definition) is 6. The third-order valence-corrected chi connectivity index (χ3v) is 5.54. The van der Waals surface area contributed by atoms with Crippen molar-refractivity contribution in [3.05, 3.63) is 35.5 Å². The summed E-state index contributed by atoms with van der Waals surface area (Å²) in [5.74, 6) is -0.191. The summed E-state index contributed by atoms with van der Waals surface area (Å²) < 4.78 is 42.7. The summed E-state index contributed by atoms with van der Waals surface area (Å²) in [6.45, 7) is 2.10. The third-order valence-electron chi connectivity index (χ3n) is 5.54. The van der Waals surface area contributed by atoms with Gasteiger partial charge in [-0.05, 0) is 26.2 Å². The molecule has 0 bridgehead atoms. The number of aromatic nitrogens is 4. The first-order valence-electron chi connectivity index (χ1n) is 10.3. The van der Waals surface area contributed by atoms with E-state index in [1.807, 2.05) is 0 Å². The number of aromatic amines is 1. The molecule has 1 aliphatic rings. The van der Waals surface area contributed by atoms with Crippen molar-refractivity contribution in [2.24, 2.45) is 0 Å². The lowest BCUT2D eigenvalue weighted by molar-refractivity contribution is -0.141. The van der Waals surface area contributed by atoms with E-state index < -0.39 is 23.9 Å². The fourth-order valence-corrected chi connectivity index (χ4v) is 4.07. The topological polar surface area (TPSA) is 133 Å². The summed E-state index contributed by atoms with van der Waals surface area (Å²) in [4.78, 5) is 32.3. The Morgan fingerprint density at radius 2 is 2.09 bits per heavy atom. The summed E-state index contributed by atoms with van der Waals surface area (Å²) in [5, 5.41) is 19.1. The van der Waals surface area contributed by atoms with Crippen molar-refractivity contribution in [3.63, 3.8) is 0 Å². The number of H-pyrrole nitrogens is 1. The van der Waals surface area contributed by atoms with E-state index in [1.54, 1.807) is 13.0 Å². The molecule has 0 spiro atoms. The van der Waals surface area contributed by atoms with Crippen LogP contribution < -0.4 is 5.32 Å². The maximum absolute atomic E-state index is 12.6. The molecule has 10 nitrogen and oxygen atoms in total. The number of nitrogens with zero attached hydrogens (tertiary/aromatic N) is 4. The zero-order chi connectivity index (χ0) is 24.2. The number of alkyl halides is 3. The highest BCUT2D eigenvalue weighted by molar-refractivity contribution is 5.91. The molecule has 180 valence electrons. The number of methoxy groups -OCH3 is 1. The Kier molecular flexibility index (Phi) is 7.51. The maximum Gasteiger partial charge on any atom is 0.434 e. The van der Waals surface area contributed by atoms with Gasteiger partial charge in [-0.1, -0.05) is 0 Å². The van der Waals surface area contributed by atoms with Crippen LogP contribution >= 0.6 is 0 Å². The van der Waals surface area contributed by atoms with Gasteiger partial charge in [0.15, 0.2) is 11.5 Å². The van der Waals surface area contributed by atoms with E-state index in [2.05, 4.69) is 25.5 Å². The quantitative estimate of drug-likeness (QED) is 0.540. The number of carbonyl (C=O) groups is 2. The van der Waals surface area contributed by atoms with Gasteiger partial charge in [0.05, 0.1) is 31.0 Å². The second-order valence-corrected chi connectivity index (χ2v) is 7.98. The Morgan fingerprint density at radius 3 is 2.70 bits per heavy atom. The predicted molar refractivity (Wildman–Crippen MR) is 110 cm³/mol. The highest BCUT2D eigenvalue weighted by Gasteiger charge is 2.36. The number of carbonyl (C=O) groups excluding carboxylic acids is 1. The Balaban J connectivity index is 1.56. The third kappa shape index (κ3) is 6.18. The Labute approximate surface area is 187 Å². The molecule has 2 aromatic rings. The van der Waals surface area contributed by atoms with Gasteiger partial charge < -0.3 is 20.1 Å². The molecule has 0 saturated heterocycles. The van der Waals surface area contributed by atoms with Crippen LogP contribution in [0.25, 0.3) is 0 Å². The van der Waals surface area contributed by atoms with Crippen LogP contribution in [0.5, 0.6) is 0 Å². The number of amides is 2. The Bertz CT molecular complexity index is 965. The van der Waals surface area contributed by atoms with Crippen molar-refractivity contribution in [1.29, 1.82) is 0 Å². The summed E-state index contributed by atoms with van der Waals surface area (Å²) in [6.07, 6.45) is -2.30. The standard InChI is InChI=1S/C20H25F3N6O4/c1-11(10-33-2)29(19(31)32)14-4-3-12(5-14)15-7-17(28-27-15)26-18(30)6-13-8-25-16(9-24-13)20(21,22)23/h7-9,11-12,14H,3-6,10H2,1-2H3,(H,31,32)(H2,26,27,28,30)/t11?,12-,14+/m0/s1. The van der Waals surface area contributed by atoms with Crippen LogP contribution in [-0.2, 0) is 22.1 Å². The van der Waals surface area contributed by atoms with Gasteiger partial charge in [0, 0.05) is 37.0 Å². The van der Waals surface area contributed by atoms with E-state index in [4.69, 9.17) is 4.74 Å². The lowest BCUT2D eigenvalue weighted by atomic mass is 10.0. The highest BCUT2D eigenvalue weighted by atomic mass is 19.4. The zero-order valence-corrected chi connectivity index (χ0v) is 18.1. The molecule has 2 heterocycles. The molecule has 1 aliphatic carbocycles. The SMILES string of the molecule is COCC(C)N(C(=O)O)[C@@H]1CC[C@H](c2cc(NC(=O)Cc3cnc(C(F)(F)F)cn3)n[nH]2)C1. The second-order valence-electron chi connectivity index (χ2n) is 7.98. The lowest BCUT2D eigenvalue weighted by Gasteiger charge is -2.31. The number of nitrogens with one attached hydrogen (secondary N) is 2. The number of ether oxygens (including phenoxy) is 1. The van der Waals surface area contributed by atoms with Crippen LogP contribution in [0.4, 0.5) is 23.8 Å². The van der Waals surface area contributed by atoms with Crippen LogP contribution in [0.3, 0.4) is 0 Å². The van der Waals surface area contributed by atoms with Crippen molar-refractivity contribution < 1.29 is 32.6 Å². The number of hydrogen-bond donors (Lipinski definition) is 3. The number of anilines is 1. The molecule has 2 amide bonds. The van der Waals surface area contributed by atoms with Crippen molar-refractivity contribution in [2.75, 3.05) is 19.0 Å². The smallest absolute Gasteiger partial charge is 0.434 e. The molecule has 0 aliphatic heterocycles. The monoisotopic (exact) mass is 470 g/mol. The van der Waals surface area contributed by atoms with Gasteiger partial charge in [0.1, 0.15) is 0 Å². The second kappa shape index (κ2) is 10.1. The molecule has 3 N–H and O–H groups in total. The summed E-state index contributed by atoms with van der Waals surface area (Å²) >= 11 is 0. The minimum Gasteiger partial charge on any atom is -0.465 e. The van der Waals surface area contributed by atoms with E-state index in [-0.39, 0.29) is 35.9 Å². The first-order valence-corrected chi connectivity index (χ1v) is 10.3. The molecule has 0 aromatic carbocycles. The van der Waals surface area contributed by atoms with Crippen LogP contribution in [0, 0.1) is 0 Å². The molecule has 1 saturated carbocycles. The van der Waals surface area contributed by atoms with E-state index in [0.29, 0.717) is 25.6 Å². The molecular formula is C20H25F3N6O4. The maximum atomic E-state index is 12.6. The van der Waals surface area contributed by atoms with Crippen molar-refractivity contribution in [3.8, 4) is 0 Å². The fourth-order valence-electron chi connectivity index (χ4n) is 4.07. The number of carboxylic acid groups (broad SMARTS) is 1. The molecule has 1 fully saturated rings. The van der Waals surface area contributed by atoms with Gasteiger partial charge >= 0.3 is 12.3 Å². The van der Waals surface area contributed by atoms with Gasteiger partial charge in [-0.3, -0.25) is 14.9 Å². The summed E-state index contributed by atoms with van der Waals surface area (Å²) in [6, 6.07) is 1.24. The number of rotatable bonds is 8. The average molecular weight is 470 g/mol. The van der Waals surface area contributed by atoms with Crippen molar-refractivity contribution in [2.45, 2.75) is 56.8 Å². The molecular weight excluding hydrogens is 445 g/mol. The zero-order valence-electron chi connectivity index (χ0n) is 18.1. The van der Waals surface area contributed by atoms with Gasteiger partial charge in [-0.15, -0.1) is 0 Å². The molecule has 33 heavy (non-hydrogen) atoms. The molecule has 0 radical (unpaired) electrons. The Morgan fingerprint density at radius 1 is 1.33 bits per heavy atom. The highest BCUT2D eigenvalue weighted by Crippen LogP contribution is 2.37. The molecule has 3 rings (SSSR count). The minimum atomic E-state index is -4.60. The lowest BCUT2D eigenvalue weighted by Crippen LogP contribution is -2.46.